The summed E-state index contributed by atoms with van der Waals surface area (Å²) in [6.45, 7) is 0. The van der Waals surface area contributed by atoms with E-state index < -0.39 is 0 Å². The maximum atomic E-state index is 12.7. The van der Waals surface area contributed by atoms with Crippen LogP contribution in [0.1, 0.15) is 15.9 Å². The molecule has 27 heavy (non-hydrogen) atoms. The molecule has 0 amide bonds. The summed E-state index contributed by atoms with van der Waals surface area (Å²) in [5.74, 6) is 1.08. The molecule has 0 saturated heterocycles. The number of benzene rings is 2. The van der Waals surface area contributed by atoms with Gasteiger partial charge in [-0.15, -0.1) is 0 Å². The van der Waals surface area contributed by atoms with E-state index in [4.69, 9.17) is 31.5 Å². The van der Waals surface area contributed by atoms with Crippen LogP contribution in [0.2, 0.25) is 0 Å². The summed E-state index contributed by atoms with van der Waals surface area (Å²) >= 11 is 6.27. The Morgan fingerprint density at radius 1 is 1.04 bits per heavy atom. The zero-order valence-electron chi connectivity index (χ0n) is 16.0. The van der Waals surface area contributed by atoms with Crippen LogP contribution >= 0.6 is 11.6 Å². The number of Topliss-reactive ketones (excluding diaryl/α,β-unsaturated/α-hetero) is 1. The van der Waals surface area contributed by atoms with Gasteiger partial charge in [0.15, 0.2) is 11.5 Å². The summed E-state index contributed by atoms with van der Waals surface area (Å²) in [4.78, 5) is 14.5. The molecular weight excluding hydrogens is 368 g/mol. The maximum Gasteiger partial charge on any atom is 0.204 e. The van der Waals surface area contributed by atoms with Crippen LogP contribution in [0.4, 0.5) is 11.4 Å². The Hall–Kier alpha value is -2.86. The first-order valence-corrected chi connectivity index (χ1v) is 8.48. The molecule has 0 aromatic heterocycles. The fourth-order valence-corrected chi connectivity index (χ4v) is 2.87. The predicted octanol–water partition coefficient (Wildman–Crippen LogP) is 3.82. The lowest BCUT2D eigenvalue weighted by molar-refractivity contribution is 0.104. The molecule has 7 heteroatoms. The first-order valence-electron chi connectivity index (χ1n) is 8.11. The number of ketones is 1. The van der Waals surface area contributed by atoms with Crippen LogP contribution in [0.25, 0.3) is 6.08 Å². The second-order valence-electron chi connectivity index (χ2n) is 5.95. The minimum atomic E-state index is -0.331. The van der Waals surface area contributed by atoms with Crippen molar-refractivity contribution in [2.45, 2.75) is 0 Å². The third-order valence-corrected chi connectivity index (χ3v) is 4.25. The fraction of sp³-hybridized carbons (Fsp3) is 0.250. The molecular formula is C20H23ClN2O4. The Kier molecular flexibility index (Phi) is 6.58. The van der Waals surface area contributed by atoms with Gasteiger partial charge >= 0.3 is 0 Å². The summed E-state index contributed by atoms with van der Waals surface area (Å²) in [5, 5.41) is 0.0428. The van der Waals surface area contributed by atoms with Gasteiger partial charge in [0.05, 0.1) is 37.7 Å². The van der Waals surface area contributed by atoms with Crippen molar-refractivity contribution in [1.29, 1.82) is 0 Å². The number of ether oxygens (including phenoxy) is 3. The molecule has 0 aliphatic rings. The summed E-state index contributed by atoms with van der Waals surface area (Å²) in [6, 6.07) is 8.51. The van der Waals surface area contributed by atoms with E-state index in [2.05, 4.69) is 0 Å². The lowest BCUT2D eigenvalue weighted by Crippen LogP contribution is -2.12. The van der Waals surface area contributed by atoms with Gasteiger partial charge < -0.3 is 24.8 Å². The van der Waals surface area contributed by atoms with Gasteiger partial charge in [-0.2, -0.15) is 0 Å². The van der Waals surface area contributed by atoms with Crippen molar-refractivity contribution in [2.75, 3.05) is 46.1 Å². The smallest absolute Gasteiger partial charge is 0.204 e. The van der Waals surface area contributed by atoms with Crippen LogP contribution < -0.4 is 24.8 Å². The van der Waals surface area contributed by atoms with Crippen molar-refractivity contribution in [3.63, 3.8) is 0 Å². The van der Waals surface area contributed by atoms with E-state index in [9.17, 15) is 4.79 Å². The molecule has 0 aliphatic heterocycles. The van der Waals surface area contributed by atoms with Crippen molar-refractivity contribution in [1.82, 2.24) is 0 Å². The highest BCUT2D eigenvalue weighted by Gasteiger charge is 2.16. The quantitative estimate of drug-likeness (QED) is 0.440. The van der Waals surface area contributed by atoms with Gasteiger partial charge in [0.2, 0.25) is 11.5 Å². The number of hydrogen-bond donors (Lipinski definition) is 1. The van der Waals surface area contributed by atoms with Crippen molar-refractivity contribution in [3.05, 3.63) is 46.5 Å². The van der Waals surface area contributed by atoms with E-state index >= 15 is 0 Å². The number of nitrogens with two attached hydrogens (primary N) is 1. The highest BCUT2D eigenvalue weighted by atomic mass is 35.5. The lowest BCUT2D eigenvalue weighted by Gasteiger charge is -2.15. The number of nitrogens with zero attached hydrogens (tertiary/aromatic N) is 1. The van der Waals surface area contributed by atoms with E-state index in [-0.39, 0.29) is 10.8 Å². The molecule has 0 bridgehead atoms. The zero-order valence-corrected chi connectivity index (χ0v) is 16.8. The van der Waals surface area contributed by atoms with Crippen LogP contribution in [-0.2, 0) is 0 Å². The number of halogens is 1. The van der Waals surface area contributed by atoms with Crippen molar-refractivity contribution < 1.29 is 19.0 Å². The van der Waals surface area contributed by atoms with E-state index in [0.29, 0.717) is 34.1 Å². The van der Waals surface area contributed by atoms with E-state index in [0.717, 1.165) is 5.69 Å². The molecule has 2 N–H and O–H groups in total. The van der Waals surface area contributed by atoms with E-state index in [1.807, 2.05) is 19.0 Å². The van der Waals surface area contributed by atoms with Gasteiger partial charge in [-0.1, -0.05) is 11.6 Å². The topological polar surface area (TPSA) is 74.0 Å². The molecule has 0 saturated carbocycles. The number of hydrogen-bond acceptors (Lipinski definition) is 6. The van der Waals surface area contributed by atoms with Gasteiger partial charge in [-0.05, 0) is 42.0 Å². The van der Waals surface area contributed by atoms with E-state index in [1.54, 1.807) is 36.4 Å². The molecule has 0 radical (unpaired) electrons. The molecule has 0 unspecified atom stereocenters. The van der Waals surface area contributed by atoms with Gasteiger partial charge in [-0.3, -0.25) is 4.79 Å². The van der Waals surface area contributed by atoms with Crippen LogP contribution in [0.15, 0.2) is 35.4 Å². The van der Waals surface area contributed by atoms with Crippen molar-refractivity contribution >= 4 is 34.8 Å². The number of methoxy groups -OCH3 is 3. The molecule has 2 aromatic carbocycles. The third-order valence-electron chi connectivity index (χ3n) is 3.97. The second-order valence-corrected chi connectivity index (χ2v) is 6.36. The Balaban J connectivity index is 2.39. The SMILES string of the molecule is COc1cc(C=C(Cl)C(=O)c2ccc(N(C)C)c(N)c2)cc(OC)c1OC. The summed E-state index contributed by atoms with van der Waals surface area (Å²) in [7, 11) is 8.32. The average molecular weight is 391 g/mol. The minimum absolute atomic E-state index is 0.0428. The molecule has 0 spiro atoms. The average Bonchev–Trinajstić information content (AvgIpc) is 2.65. The Bertz CT molecular complexity index is 853. The monoisotopic (exact) mass is 390 g/mol. The standard InChI is InChI=1S/C20H23ClN2O4/c1-23(2)16-7-6-13(11-15(16)22)19(24)14(21)8-12-9-17(25-3)20(27-5)18(10-12)26-4/h6-11H,22H2,1-5H3. The first kappa shape index (κ1) is 20.5. The number of carbonyl (C=O) groups excluding carboxylic acids is 1. The molecule has 2 rings (SSSR count). The van der Waals surface area contributed by atoms with Crippen LogP contribution in [0.5, 0.6) is 17.2 Å². The van der Waals surface area contributed by atoms with Gasteiger partial charge in [0.1, 0.15) is 0 Å². The zero-order chi connectivity index (χ0) is 20.1. The number of allylic oxidation sites excluding steroid dienone is 1. The Morgan fingerprint density at radius 2 is 1.63 bits per heavy atom. The van der Waals surface area contributed by atoms with E-state index in [1.165, 1.54) is 21.3 Å². The van der Waals surface area contributed by atoms with Crippen molar-refractivity contribution in [2.24, 2.45) is 0 Å². The van der Waals surface area contributed by atoms with Gasteiger partial charge in [0.25, 0.3) is 0 Å². The van der Waals surface area contributed by atoms with Crippen molar-refractivity contribution in [3.8, 4) is 17.2 Å². The number of nitrogen functional groups attached to an aromatic ring is 1. The highest BCUT2D eigenvalue weighted by Crippen LogP contribution is 2.39. The predicted molar refractivity (Wildman–Crippen MR) is 109 cm³/mol. The number of rotatable bonds is 7. The van der Waals surface area contributed by atoms with Crippen LogP contribution in [-0.4, -0.2) is 41.2 Å². The van der Waals surface area contributed by atoms with Gasteiger partial charge in [0, 0.05) is 19.7 Å². The molecule has 0 atom stereocenters. The molecule has 0 fully saturated rings. The number of carbonyl (C=O) groups is 1. The maximum absolute atomic E-state index is 12.7. The largest absolute Gasteiger partial charge is 0.493 e. The lowest BCUT2D eigenvalue weighted by atomic mass is 10.1. The molecule has 6 nitrogen and oxygen atoms in total. The molecule has 144 valence electrons. The Labute approximate surface area is 164 Å². The Morgan fingerprint density at radius 3 is 2.07 bits per heavy atom. The minimum Gasteiger partial charge on any atom is -0.493 e. The summed E-state index contributed by atoms with van der Waals surface area (Å²) < 4.78 is 15.9. The first-order chi connectivity index (χ1) is 12.8. The molecule has 0 aliphatic carbocycles. The van der Waals surface area contributed by atoms with Crippen LogP contribution in [0, 0.1) is 0 Å². The third kappa shape index (κ3) is 4.46. The molecule has 0 heterocycles. The fourth-order valence-electron chi connectivity index (χ4n) is 2.64. The normalized spacial score (nSPS) is 11.1. The summed E-state index contributed by atoms with van der Waals surface area (Å²) in [6.07, 6.45) is 1.55. The summed E-state index contributed by atoms with van der Waals surface area (Å²) in [5.41, 5.74) is 8.40. The van der Waals surface area contributed by atoms with Gasteiger partial charge in [-0.25, -0.2) is 0 Å². The molecule has 2 aromatic rings. The number of anilines is 2. The van der Waals surface area contributed by atoms with Crippen LogP contribution in [0.3, 0.4) is 0 Å². The highest BCUT2D eigenvalue weighted by molar-refractivity contribution is 6.47. The second kappa shape index (κ2) is 8.68.